The van der Waals surface area contributed by atoms with E-state index in [2.05, 4.69) is 10.3 Å². The van der Waals surface area contributed by atoms with Crippen LogP contribution in [0, 0.1) is 0 Å². The minimum atomic E-state index is -4.38. The van der Waals surface area contributed by atoms with Gasteiger partial charge in [-0.15, -0.1) is 0 Å². The maximum atomic E-state index is 12.3. The molecule has 0 aliphatic rings. The average molecular weight is 252 g/mol. The van der Waals surface area contributed by atoms with Gasteiger partial charge in [0.25, 0.3) is 0 Å². The Balaban J connectivity index is 1.99. The van der Waals surface area contributed by atoms with Gasteiger partial charge in [0.2, 0.25) is 0 Å². The van der Waals surface area contributed by atoms with Crippen molar-refractivity contribution >= 4 is 5.69 Å². The van der Waals surface area contributed by atoms with Crippen molar-refractivity contribution in [1.29, 1.82) is 0 Å². The summed E-state index contributed by atoms with van der Waals surface area (Å²) in [4.78, 5) is 3.40. The molecule has 0 saturated carbocycles. The third-order valence-electron chi connectivity index (χ3n) is 2.39. The molecular formula is C13H11F3N2. The second-order valence-electron chi connectivity index (χ2n) is 3.77. The molecule has 0 atom stereocenters. The maximum absolute atomic E-state index is 12.3. The highest BCUT2D eigenvalue weighted by molar-refractivity contribution is 5.42. The molecule has 2 rings (SSSR count). The Morgan fingerprint density at radius 1 is 1.00 bits per heavy atom. The lowest BCUT2D eigenvalue weighted by atomic mass is 10.2. The van der Waals surface area contributed by atoms with Gasteiger partial charge in [-0.05, 0) is 23.8 Å². The number of alkyl halides is 3. The molecule has 0 bridgehead atoms. The van der Waals surface area contributed by atoms with Crippen LogP contribution in [0.2, 0.25) is 0 Å². The molecule has 0 amide bonds. The van der Waals surface area contributed by atoms with Crippen LogP contribution in [-0.2, 0) is 12.7 Å². The second-order valence-corrected chi connectivity index (χ2v) is 3.77. The van der Waals surface area contributed by atoms with Gasteiger partial charge in [-0.1, -0.05) is 24.3 Å². The number of nitrogens with zero attached hydrogens (tertiary/aromatic N) is 1. The van der Waals surface area contributed by atoms with Gasteiger partial charge in [0.15, 0.2) is 0 Å². The lowest BCUT2D eigenvalue weighted by Gasteiger charge is -2.08. The minimum absolute atomic E-state index is 0.440. The largest absolute Gasteiger partial charge is 0.433 e. The van der Waals surface area contributed by atoms with Crippen LogP contribution in [0.1, 0.15) is 11.3 Å². The average Bonchev–Trinajstić information content (AvgIpc) is 2.37. The van der Waals surface area contributed by atoms with E-state index < -0.39 is 11.9 Å². The summed E-state index contributed by atoms with van der Waals surface area (Å²) in [6.45, 7) is 0.440. The fourth-order valence-corrected chi connectivity index (χ4v) is 1.46. The zero-order valence-corrected chi connectivity index (χ0v) is 9.41. The van der Waals surface area contributed by atoms with Crippen LogP contribution in [-0.4, -0.2) is 4.98 Å². The van der Waals surface area contributed by atoms with Crippen molar-refractivity contribution in [2.75, 3.05) is 5.32 Å². The van der Waals surface area contributed by atoms with Crippen molar-refractivity contribution in [3.63, 3.8) is 0 Å². The third-order valence-corrected chi connectivity index (χ3v) is 2.39. The van der Waals surface area contributed by atoms with Gasteiger partial charge in [0, 0.05) is 18.4 Å². The number of para-hydroxylation sites is 1. The molecule has 0 aliphatic heterocycles. The van der Waals surface area contributed by atoms with E-state index in [0.29, 0.717) is 12.1 Å². The Morgan fingerprint density at radius 2 is 1.72 bits per heavy atom. The summed E-state index contributed by atoms with van der Waals surface area (Å²) in [7, 11) is 0. The Morgan fingerprint density at radius 3 is 2.28 bits per heavy atom. The van der Waals surface area contributed by atoms with Gasteiger partial charge >= 0.3 is 6.18 Å². The van der Waals surface area contributed by atoms with Gasteiger partial charge < -0.3 is 5.32 Å². The third kappa shape index (κ3) is 3.23. The Hall–Kier alpha value is -2.04. The number of aromatic nitrogens is 1. The number of anilines is 1. The summed E-state index contributed by atoms with van der Waals surface area (Å²) in [5.74, 6) is 0. The van der Waals surface area contributed by atoms with Crippen molar-refractivity contribution < 1.29 is 13.2 Å². The lowest BCUT2D eigenvalue weighted by molar-refractivity contribution is -0.141. The fourth-order valence-electron chi connectivity index (χ4n) is 1.46. The minimum Gasteiger partial charge on any atom is -0.381 e. The number of hydrogen-bond acceptors (Lipinski definition) is 2. The second kappa shape index (κ2) is 5.08. The normalized spacial score (nSPS) is 11.3. The van der Waals surface area contributed by atoms with Crippen molar-refractivity contribution in [2.24, 2.45) is 0 Å². The summed E-state index contributed by atoms with van der Waals surface area (Å²) in [5.41, 5.74) is 0.746. The first-order chi connectivity index (χ1) is 8.55. The molecule has 0 unspecified atom stereocenters. The monoisotopic (exact) mass is 252 g/mol. The van der Waals surface area contributed by atoms with Crippen LogP contribution >= 0.6 is 0 Å². The van der Waals surface area contributed by atoms with Crippen LogP contribution in [0.4, 0.5) is 18.9 Å². The quantitative estimate of drug-likeness (QED) is 0.900. The van der Waals surface area contributed by atoms with Crippen molar-refractivity contribution in [2.45, 2.75) is 12.7 Å². The van der Waals surface area contributed by atoms with E-state index >= 15 is 0 Å². The van der Waals surface area contributed by atoms with E-state index in [0.717, 1.165) is 11.8 Å². The molecule has 0 fully saturated rings. The molecule has 0 spiro atoms. The van der Waals surface area contributed by atoms with Crippen molar-refractivity contribution in [3.8, 4) is 0 Å². The van der Waals surface area contributed by atoms with Crippen LogP contribution in [0.15, 0.2) is 48.7 Å². The number of halogens is 3. The van der Waals surface area contributed by atoms with Gasteiger partial charge in [0.1, 0.15) is 5.69 Å². The molecule has 2 aromatic rings. The molecule has 1 aromatic heterocycles. The predicted molar refractivity (Wildman–Crippen MR) is 63.0 cm³/mol. The van der Waals surface area contributed by atoms with Gasteiger partial charge in [-0.3, -0.25) is 4.98 Å². The number of hydrogen-bond donors (Lipinski definition) is 1. The van der Waals surface area contributed by atoms with E-state index in [1.807, 2.05) is 30.3 Å². The zero-order valence-electron chi connectivity index (χ0n) is 9.41. The molecule has 0 radical (unpaired) electrons. The van der Waals surface area contributed by atoms with Crippen molar-refractivity contribution in [3.05, 3.63) is 59.9 Å². The summed E-state index contributed by atoms with van der Waals surface area (Å²) < 4.78 is 36.9. The summed E-state index contributed by atoms with van der Waals surface area (Å²) in [6, 6.07) is 11.8. The van der Waals surface area contributed by atoms with Gasteiger partial charge in [-0.25, -0.2) is 0 Å². The highest BCUT2D eigenvalue weighted by Gasteiger charge is 2.31. The molecule has 2 nitrogen and oxygen atoms in total. The smallest absolute Gasteiger partial charge is 0.381 e. The SMILES string of the molecule is FC(F)(F)c1ccc(CNc2ccccc2)cn1. The first-order valence-corrected chi connectivity index (χ1v) is 5.37. The molecule has 18 heavy (non-hydrogen) atoms. The Bertz CT molecular complexity index is 492. The number of nitrogens with one attached hydrogen (secondary N) is 1. The number of pyridine rings is 1. The molecule has 5 heteroatoms. The van der Waals surface area contributed by atoms with Crippen LogP contribution in [0.3, 0.4) is 0 Å². The molecule has 0 saturated heterocycles. The summed E-state index contributed by atoms with van der Waals surface area (Å²) in [5, 5.41) is 3.10. The highest BCUT2D eigenvalue weighted by atomic mass is 19.4. The Kier molecular flexibility index (Phi) is 3.50. The number of rotatable bonds is 3. The van der Waals surface area contributed by atoms with E-state index in [9.17, 15) is 13.2 Å². The lowest BCUT2D eigenvalue weighted by Crippen LogP contribution is -2.08. The molecule has 1 aromatic carbocycles. The van der Waals surface area contributed by atoms with E-state index in [4.69, 9.17) is 0 Å². The fraction of sp³-hybridized carbons (Fsp3) is 0.154. The zero-order chi connectivity index (χ0) is 13.0. The maximum Gasteiger partial charge on any atom is 0.433 e. The topological polar surface area (TPSA) is 24.9 Å². The standard InChI is InChI=1S/C13H11F3N2/c14-13(15,16)12-7-6-10(9-18-12)8-17-11-4-2-1-3-5-11/h1-7,9,17H,8H2. The predicted octanol–water partition coefficient (Wildman–Crippen LogP) is 3.71. The summed E-state index contributed by atoms with van der Waals surface area (Å²) >= 11 is 0. The van der Waals surface area contributed by atoms with E-state index in [1.54, 1.807) is 0 Å². The first kappa shape index (κ1) is 12.4. The number of benzene rings is 1. The van der Waals surface area contributed by atoms with Crippen LogP contribution < -0.4 is 5.32 Å². The van der Waals surface area contributed by atoms with E-state index in [1.165, 1.54) is 12.3 Å². The Labute approximate surface area is 102 Å². The molecule has 1 heterocycles. The molecule has 1 N–H and O–H groups in total. The van der Waals surface area contributed by atoms with Gasteiger partial charge in [-0.2, -0.15) is 13.2 Å². The molecular weight excluding hydrogens is 241 g/mol. The van der Waals surface area contributed by atoms with Gasteiger partial charge in [0.05, 0.1) is 0 Å². The first-order valence-electron chi connectivity index (χ1n) is 5.37. The van der Waals surface area contributed by atoms with Crippen LogP contribution in [0.5, 0.6) is 0 Å². The molecule has 94 valence electrons. The highest BCUT2D eigenvalue weighted by Crippen LogP contribution is 2.27. The molecule has 0 aliphatic carbocycles. The van der Waals surface area contributed by atoms with Crippen molar-refractivity contribution in [1.82, 2.24) is 4.98 Å². The van der Waals surface area contributed by atoms with E-state index in [-0.39, 0.29) is 0 Å². The summed E-state index contributed by atoms with van der Waals surface area (Å²) in [6.07, 6.45) is -3.15. The van der Waals surface area contributed by atoms with Crippen LogP contribution in [0.25, 0.3) is 0 Å².